The van der Waals surface area contributed by atoms with Crippen LogP contribution in [0.25, 0.3) is 11.1 Å². The quantitative estimate of drug-likeness (QED) is 0.940. The van der Waals surface area contributed by atoms with E-state index in [4.69, 9.17) is 4.74 Å². The van der Waals surface area contributed by atoms with Gasteiger partial charge in [0.2, 0.25) is 5.91 Å². The summed E-state index contributed by atoms with van der Waals surface area (Å²) in [6.07, 6.45) is 9.44. The summed E-state index contributed by atoms with van der Waals surface area (Å²) in [7, 11) is 0. The molecule has 122 valence electrons. The van der Waals surface area contributed by atoms with Crippen molar-refractivity contribution in [3.63, 3.8) is 0 Å². The Hall–Kier alpha value is -2.62. The summed E-state index contributed by atoms with van der Waals surface area (Å²) in [5, 5.41) is 3.02. The maximum absolute atomic E-state index is 12.1. The zero-order valence-electron chi connectivity index (χ0n) is 13.5. The molecule has 4 heteroatoms. The summed E-state index contributed by atoms with van der Waals surface area (Å²) < 4.78 is 6.15. The van der Waals surface area contributed by atoms with Crippen molar-refractivity contribution in [2.75, 3.05) is 6.54 Å². The fourth-order valence-corrected chi connectivity index (χ4v) is 3.41. The first-order valence-electron chi connectivity index (χ1n) is 8.47. The van der Waals surface area contributed by atoms with E-state index in [1.54, 1.807) is 12.4 Å². The molecule has 2 aliphatic rings. The van der Waals surface area contributed by atoms with E-state index in [0.29, 0.717) is 6.54 Å². The largest absolute Gasteiger partial charge is 0.487 e. The Morgan fingerprint density at radius 1 is 1.25 bits per heavy atom. The molecule has 0 radical (unpaired) electrons. The number of rotatable bonds is 4. The van der Waals surface area contributed by atoms with Gasteiger partial charge in [-0.05, 0) is 42.5 Å². The Morgan fingerprint density at radius 3 is 2.92 bits per heavy atom. The smallest absolute Gasteiger partial charge is 0.247 e. The van der Waals surface area contributed by atoms with E-state index >= 15 is 0 Å². The number of ether oxygens (including phenoxy) is 1. The van der Waals surface area contributed by atoms with Gasteiger partial charge in [0.15, 0.2) is 0 Å². The molecule has 0 unspecified atom stereocenters. The predicted molar refractivity (Wildman–Crippen MR) is 92.7 cm³/mol. The van der Waals surface area contributed by atoms with E-state index in [1.165, 1.54) is 5.56 Å². The monoisotopic (exact) mass is 320 g/mol. The number of pyridine rings is 1. The number of para-hydroxylation sites is 1. The van der Waals surface area contributed by atoms with Crippen molar-refractivity contribution < 1.29 is 9.53 Å². The number of fused-ring (bicyclic) bond motifs is 1. The summed E-state index contributed by atoms with van der Waals surface area (Å²) in [6.45, 7) is 0.542. The number of amides is 1. The van der Waals surface area contributed by atoms with Crippen LogP contribution in [0.1, 0.15) is 24.8 Å². The number of hydrogen-bond donors (Lipinski definition) is 1. The maximum atomic E-state index is 12.1. The molecule has 1 aromatic carbocycles. The first kappa shape index (κ1) is 14.9. The minimum Gasteiger partial charge on any atom is -0.487 e. The highest BCUT2D eigenvalue weighted by atomic mass is 16.5. The Kier molecular flexibility index (Phi) is 4.03. The van der Waals surface area contributed by atoms with Gasteiger partial charge in [-0.15, -0.1) is 0 Å². The second-order valence-corrected chi connectivity index (χ2v) is 6.31. The van der Waals surface area contributed by atoms with E-state index in [1.807, 2.05) is 18.2 Å². The lowest BCUT2D eigenvalue weighted by Gasteiger charge is -2.14. The van der Waals surface area contributed by atoms with Crippen molar-refractivity contribution >= 4 is 5.91 Å². The molecule has 1 amide bonds. The molecular formula is C20H20N2O2. The van der Waals surface area contributed by atoms with Gasteiger partial charge in [-0.2, -0.15) is 0 Å². The third-order valence-electron chi connectivity index (χ3n) is 4.64. The molecule has 4 rings (SSSR count). The van der Waals surface area contributed by atoms with Crippen LogP contribution < -0.4 is 10.1 Å². The number of hydrogen-bond acceptors (Lipinski definition) is 3. The van der Waals surface area contributed by atoms with E-state index in [9.17, 15) is 4.79 Å². The molecular weight excluding hydrogens is 300 g/mol. The lowest BCUT2D eigenvalue weighted by atomic mass is 10.0. The van der Waals surface area contributed by atoms with Crippen LogP contribution in [-0.2, 0) is 11.2 Å². The molecule has 2 aromatic rings. The zero-order chi connectivity index (χ0) is 16.4. The Balaban J connectivity index is 1.45. The normalized spacial score (nSPS) is 18.7. The molecule has 2 heterocycles. The molecule has 0 saturated heterocycles. The van der Waals surface area contributed by atoms with Gasteiger partial charge in [0, 0.05) is 30.0 Å². The molecule has 1 aliphatic heterocycles. The number of carbonyl (C=O) groups is 1. The van der Waals surface area contributed by atoms with Crippen LogP contribution in [0, 0.1) is 0 Å². The minimum absolute atomic E-state index is 0.00561. The molecule has 24 heavy (non-hydrogen) atoms. The van der Waals surface area contributed by atoms with Crippen molar-refractivity contribution in [1.82, 2.24) is 10.3 Å². The van der Waals surface area contributed by atoms with Crippen LogP contribution in [0.2, 0.25) is 0 Å². The van der Waals surface area contributed by atoms with E-state index in [-0.39, 0.29) is 12.0 Å². The fourth-order valence-electron chi connectivity index (χ4n) is 3.41. The second-order valence-electron chi connectivity index (χ2n) is 6.31. The highest BCUT2D eigenvalue weighted by molar-refractivity contribution is 5.93. The first-order valence-corrected chi connectivity index (χ1v) is 8.47. The molecule has 1 aliphatic carbocycles. The van der Waals surface area contributed by atoms with Crippen LogP contribution in [0.4, 0.5) is 0 Å². The first-order chi connectivity index (χ1) is 11.8. The van der Waals surface area contributed by atoms with Crippen molar-refractivity contribution in [3.8, 4) is 16.9 Å². The number of allylic oxidation sites excluding steroid dienone is 1. The van der Waals surface area contributed by atoms with Gasteiger partial charge >= 0.3 is 0 Å². The van der Waals surface area contributed by atoms with Crippen LogP contribution in [-0.4, -0.2) is 23.5 Å². The number of carbonyl (C=O) groups excluding carboxylic acids is 1. The predicted octanol–water partition coefficient (Wildman–Crippen LogP) is 3.28. The van der Waals surface area contributed by atoms with Crippen LogP contribution >= 0.6 is 0 Å². The van der Waals surface area contributed by atoms with Crippen molar-refractivity contribution in [2.24, 2.45) is 0 Å². The van der Waals surface area contributed by atoms with Gasteiger partial charge < -0.3 is 10.1 Å². The molecule has 0 fully saturated rings. The van der Waals surface area contributed by atoms with Crippen LogP contribution in [0.3, 0.4) is 0 Å². The van der Waals surface area contributed by atoms with Gasteiger partial charge in [0.1, 0.15) is 11.9 Å². The Morgan fingerprint density at radius 2 is 2.12 bits per heavy atom. The highest BCUT2D eigenvalue weighted by Crippen LogP contribution is 2.38. The summed E-state index contributed by atoms with van der Waals surface area (Å²) in [6, 6.07) is 10.2. The number of nitrogens with one attached hydrogen (secondary N) is 1. The lowest BCUT2D eigenvalue weighted by molar-refractivity contribution is -0.117. The summed E-state index contributed by atoms with van der Waals surface area (Å²) >= 11 is 0. The lowest BCUT2D eigenvalue weighted by Crippen LogP contribution is -2.35. The van der Waals surface area contributed by atoms with Gasteiger partial charge in [-0.1, -0.05) is 24.3 Å². The summed E-state index contributed by atoms with van der Waals surface area (Å²) in [4.78, 5) is 16.2. The number of aromatic nitrogens is 1. The SMILES string of the molecule is O=C(NC[C@@H]1Cc2cccc(-c3ccncc3)c2O1)C1=CCCC1. The van der Waals surface area contributed by atoms with Crippen LogP contribution in [0.15, 0.2) is 54.4 Å². The van der Waals surface area contributed by atoms with E-state index < -0.39 is 0 Å². The van der Waals surface area contributed by atoms with Gasteiger partial charge in [0.05, 0.1) is 6.54 Å². The van der Waals surface area contributed by atoms with E-state index in [0.717, 1.165) is 48.1 Å². The second kappa shape index (κ2) is 6.48. The van der Waals surface area contributed by atoms with Gasteiger partial charge in [-0.3, -0.25) is 9.78 Å². The van der Waals surface area contributed by atoms with Crippen molar-refractivity contribution in [2.45, 2.75) is 31.8 Å². The number of nitrogens with zero attached hydrogens (tertiary/aromatic N) is 1. The Bertz CT molecular complexity index is 783. The van der Waals surface area contributed by atoms with Crippen LogP contribution in [0.5, 0.6) is 5.75 Å². The minimum atomic E-state index is -0.00561. The molecule has 4 nitrogen and oxygen atoms in total. The molecule has 1 N–H and O–H groups in total. The maximum Gasteiger partial charge on any atom is 0.247 e. The van der Waals surface area contributed by atoms with E-state index in [2.05, 4.69) is 28.5 Å². The third-order valence-corrected chi connectivity index (χ3v) is 4.64. The summed E-state index contributed by atoms with van der Waals surface area (Å²) in [5.74, 6) is 0.990. The fraction of sp³-hybridized carbons (Fsp3) is 0.300. The van der Waals surface area contributed by atoms with Crippen molar-refractivity contribution in [1.29, 1.82) is 0 Å². The summed E-state index contributed by atoms with van der Waals surface area (Å²) in [5.41, 5.74) is 4.30. The average Bonchev–Trinajstić information content (AvgIpc) is 3.29. The average molecular weight is 320 g/mol. The third kappa shape index (κ3) is 2.92. The highest BCUT2D eigenvalue weighted by Gasteiger charge is 2.26. The van der Waals surface area contributed by atoms with Crippen molar-refractivity contribution in [3.05, 3.63) is 59.9 Å². The zero-order valence-corrected chi connectivity index (χ0v) is 13.5. The molecule has 0 saturated carbocycles. The molecule has 0 spiro atoms. The van der Waals surface area contributed by atoms with Gasteiger partial charge in [-0.25, -0.2) is 0 Å². The Labute approximate surface area is 141 Å². The topological polar surface area (TPSA) is 51.2 Å². The standard InChI is InChI=1S/C20H20N2O2/c23-20(15-4-1-2-5-15)22-13-17-12-16-6-3-7-18(19(16)24-17)14-8-10-21-11-9-14/h3-4,6-11,17H,1-2,5,12-13H2,(H,22,23)/t17-/m0/s1. The number of benzene rings is 1. The molecule has 1 atom stereocenters. The van der Waals surface area contributed by atoms with Gasteiger partial charge in [0.25, 0.3) is 0 Å². The molecule has 1 aromatic heterocycles. The molecule has 0 bridgehead atoms.